The number of benzene rings is 1. The quantitative estimate of drug-likeness (QED) is 0.859. The van der Waals surface area contributed by atoms with Gasteiger partial charge in [-0.1, -0.05) is 6.07 Å². The van der Waals surface area contributed by atoms with Gasteiger partial charge in [-0.15, -0.1) is 0 Å². The van der Waals surface area contributed by atoms with Gasteiger partial charge in [0.25, 0.3) is 0 Å². The molecule has 2 heterocycles. The zero-order valence-electron chi connectivity index (χ0n) is 12.4. The summed E-state index contributed by atoms with van der Waals surface area (Å²) in [5.41, 5.74) is 1.49. The van der Waals surface area contributed by atoms with Crippen molar-refractivity contribution in [1.82, 2.24) is 5.32 Å². The highest BCUT2D eigenvalue weighted by atomic mass is 16.5. The van der Waals surface area contributed by atoms with Crippen LogP contribution in [0.1, 0.15) is 30.1 Å². The van der Waals surface area contributed by atoms with Crippen LogP contribution in [0, 0.1) is 5.92 Å². The molecule has 2 aliphatic heterocycles. The normalized spacial score (nSPS) is 24.5. The largest absolute Gasteiger partial charge is 0.496 e. The highest BCUT2D eigenvalue weighted by molar-refractivity contribution is 6.02. The molecule has 1 amide bonds. The van der Waals surface area contributed by atoms with Gasteiger partial charge in [0.05, 0.1) is 30.3 Å². The highest BCUT2D eigenvalue weighted by Crippen LogP contribution is 2.36. The Kier molecular flexibility index (Phi) is 3.57. The number of fused-ring (bicyclic) bond motifs is 1. The van der Waals surface area contributed by atoms with Crippen molar-refractivity contribution in [3.63, 3.8) is 0 Å². The van der Waals surface area contributed by atoms with E-state index in [1.807, 2.05) is 12.1 Å². The fraction of sp³-hybridized carbons (Fsp3) is 0.500. The smallest absolute Gasteiger partial charge is 0.225 e. The van der Waals surface area contributed by atoms with Crippen LogP contribution in [0.3, 0.4) is 0 Å². The highest BCUT2D eigenvalue weighted by Gasteiger charge is 2.41. The van der Waals surface area contributed by atoms with Crippen molar-refractivity contribution in [2.45, 2.75) is 25.8 Å². The van der Waals surface area contributed by atoms with Gasteiger partial charge in [-0.2, -0.15) is 0 Å². The summed E-state index contributed by atoms with van der Waals surface area (Å²) < 4.78 is 5.34. The molecule has 2 fully saturated rings. The molecule has 112 valence electrons. The first kappa shape index (κ1) is 13.9. The molecule has 1 aromatic rings. The zero-order chi connectivity index (χ0) is 15.0. The number of ether oxygens (including phenoxy) is 1. The van der Waals surface area contributed by atoms with Gasteiger partial charge in [0, 0.05) is 13.1 Å². The summed E-state index contributed by atoms with van der Waals surface area (Å²) in [6, 6.07) is 5.79. The molecule has 0 saturated carbocycles. The Labute approximate surface area is 124 Å². The molecule has 0 radical (unpaired) electrons. The van der Waals surface area contributed by atoms with Crippen LogP contribution in [0.15, 0.2) is 18.2 Å². The molecule has 5 heteroatoms. The minimum absolute atomic E-state index is 0.0122. The van der Waals surface area contributed by atoms with Crippen LogP contribution in [0.2, 0.25) is 0 Å². The number of hydrogen-bond donors (Lipinski definition) is 1. The number of nitrogens with zero attached hydrogens (tertiary/aromatic N) is 1. The molecular formula is C16H20N2O3. The second-order valence-corrected chi connectivity index (χ2v) is 5.67. The topological polar surface area (TPSA) is 58.6 Å². The van der Waals surface area contributed by atoms with E-state index >= 15 is 0 Å². The first-order valence-electron chi connectivity index (χ1n) is 7.35. The minimum Gasteiger partial charge on any atom is -0.496 e. The number of nitrogens with one attached hydrogen (secondary N) is 1. The third-order valence-corrected chi connectivity index (χ3v) is 4.49. The molecule has 0 bridgehead atoms. The van der Waals surface area contributed by atoms with Crippen molar-refractivity contribution in [2.75, 3.05) is 25.1 Å². The summed E-state index contributed by atoms with van der Waals surface area (Å²) in [5, 5.41) is 2.94. The average Bonchev–Trinajstić information content (AvgIpc) is 2.88. The van der Waals surface area contributed by atoms with Crippen molar-refractivity contribution in [3.05, 3.63) is 23.8 Å². The van der Waals surface area contributed by atoms with E-state index in [0.717, 1.165) is 25.1 Å². The monoisotopic (exact) mass is 288 g/mol. The fourth-order valence-corrected chi connectivity index (χ4v) is 3.53. The van der Waals surface area contributed by atoms with E-state index in [9.17, 15) is 9.59 Å². The molecule has 2 atom stereocenters. The number of ketones is 1. The molecule has 0 spiro atoms. The molecule has 1 aromatic carbocycles. The van der Waals surface area contributed by atoms with Crippen molar-refractivity contribution >= 4 is 17.4 Å². The van der Waals surface area contributed by atoms with E-state index in [1.165, 1.54) is 0 Å². The molecular weight excluding hydrogens is 268 g/mol. The number of carbonyl (C=O) groups excluding carboxylic acids is 2. The van der Waals surface area contributed by atoms with E-state index < -0.39 is 0 Å². The summed E-state index contributed by atoms with van der Waals surface area (Å²) >= 11 is 0. The van der Waals surface area contributed by atoms with Crippen LogP contribution in [0.25, 0.3) is 0 Å². The molecule has 2 saturated heterocycles. The van der Waals surface area contributed by atoms with Crippen LogP contribution in [0.5, 0.6) is 5.75 Å². The summed E-state index contributed by atoms with van der Waals surface area (Å²) in [6.45, 7) is 3.07. The molecule has 3 rings (SSSR count). The molecule has 21 heavy (non-hydrogen) atoms. The van der Waals surface area contributed by atoms with Crippen LogP contribution < -0.4 is 15.0 Å². The fourth-order valence-electron chi connectivity index (χ4n) is 3.53. The number of anilines is 1. The molecule has 5 nitrogen and oxygen atoms in total. The van der Waals surface area contributed by atoms with Crippen molar-refractivity contribution in [3.8, 4) is 5.75 Å². The Morgan fingerprint density at radius 1 is 1.43 bits per heavy atom. The Morgan fingerprint density at radius 3 is 2.95 bits per heavy atom. The SMILES string of the molecule is COc1cccc(N2CCCC3C(=O)NCC32)c1C(C)=O. The van der Waals surface area contributed by atoms with Gasteiger partial charge in [-0.3, -0.25) is 9.59 Å². The Morgan fingerprint density at radius 2 is 2.24 bits per heavy atom. The maximum atomic E-state index is 12.1. The van der Waals surface area contributed by atoms with E-state index in [4.69, 9.17) is 4.74 Å². The average molecular weight is 288 g/mol. The lowest BCUT2D eigenvalue weighted by atomic mass is 9.90. The van der Waals surface area contributed by atoms with Gasteiger partial charge in [0.15, 0.2) is 5.78 Å². The van der Waals surface area contributed by atoms with Gasteiger partial charge in [0.1, 0.15) is 5.75 Å². The number of Topliss-reactive ketones (excluding diaryl/α,β-unsaturated/α-hetero) is 1. The van der Waals surface area contributed by atoms with E-state index in [0.29, 0.717) is 17.9 Å². The molecule has 0 aliphatic carbocycles. The summed E-state index contributed by atoms with van der Waals surface area (Å²) in [6.07, 6.45) is 1.88. The maximum Gasteiger partial charge on any atom is 0.225 e. The van der Waals surface area contributed by atoms with Gasteiger partial charge < -0.3 is 15.0 Å². The third-order valence-electron chi connectivity index (χ3n) is 4.49. The van der Waals surface area contributed by atoms with Crippen LogP contribution in [0.4, 0.5) is 5.69 Å². The van der Waals surface area contributed by atoms with Crippen LogP contribution in [-0.4, -0.2) is 37.9 Å². The van der Waals surface area contributed by atoms with E-state index in [-0.39, 0.29) is 23.7 Å². The number of rotatable bonds is 3. The van der Waals surface area contributed by atoms with Gasteiger partial charge in [-0.05, 0) is 31.9 Å². The maximum absolute atomic E-state index is 12.1. The Bertz CT molecular complexity index is 585. The Hall–Kier alpha value is -2.04. The lowest BCUT2D eigenvalue weighted by molar-refractivity contribution is -0.122. The standard InChI is InChI=1S/C16H20N2O3/c1-10(19)15-12(6-3-7-14(15)21-2)18-8-4-5-11-13(18)9-17-16(11)20/h3,6-7,11,13H,4-5,8-9H2,1-2H3,(H,17,20). The van der Waals surface area contributed by atoms with Crippen molar-refractivity contribution in [1.29, 1.82) is 0 Å². The van der Waals surface area contributed by atoms with Crippen molar-refractivity contribution < 1.29 is 14.3 Å². The summed E-state index contributed by atoms with van der Waals surface area (Å²) in [7, 11) is 1.57. The van der Waals surface area contributed by atoms with Crippen LogP contribution in [-0.2, 0) is 4.79 Å². The molecule has 0 aromatic heterocycles. The predicted molar refractivity (Wildman–Crippen MR) is 79.9 cm³/mol. The first-order chi connectivity index (χ1) is 10.1. The second kappa shape index (κ2) is 5.39. The van der Waals surface area contributed by atoms with Crippen LogP contribution >= 0.6 is 0 Å². The first-order valence-corrected chi connectivity index (χ1v) is 7.35. The number of carbonyl (C=O) groups is 2. The zero-order valence-corrected chi connectivity index (χ0v) is 12.4. The van der Waals surface area contributed by atoms with E-state index in [2.05, 4.69) is 10.2 Å². The molecule has 1 N–H and O–H groups in total. The third kappa shape index (κ3) is 2.26. The second-order valence-electron chi connectivity index (χ2n) is 5.67. The lowest BCUT2D eigenvalue weighted by Gasteiger charge is -2.38. The molecule has 2 unspecified atom stereocenters. The summed E-state index contributed by atoms with van der Waals surface area (Å²) in [5.74, 6) is 0.753. The van der Waals surface area contributed by atoms with Crippen molar-refractivity contribution in [2.24, 2.45) is 5.92 Å². The Balaban J connectivity index is 2.03. The lowest BCUT2D eigenvalue weighted by Crippen LogP contribution is -2.46. The number of amides is 1. The minimum atomic E-state index is -0.0122. The number of hydrogen-bond acceptors (Lipinski definition) is 4. The van der Waals surface area contributed by atoms with Gasteiger partial charge >= 0.3 is 0 Å². The van der Waals surface area contributed by atoms with Gasteiger partial charge in [-0.25, -0.2) is 0 Å². The summed E-state index contributed by atoms with van der Waals surface area (Å²) in [4.78, 5) is 26.2. The number of methoxy groups -OCH3 is 1. The van der Waals surface area contributed by atoms with Gasteiger partial charge in [0.2, 0.25) is 5.91 Å². The van der Waals surface area contributed by atoms with E-state index in [1.54, 1.807) is 20.1 Å². The molecule has 2 aliphatic rings. The number of piperidine rings is 1. The predicted octanol–water partition coefficient (Wildman–Crippen LogP) is 1.61.